The van der Waals surface area contributed by atoms with Crippen molar-refractivity contribution in [1.82, 2.24) is 10.3 Å². The molecule has 0 fully saturated rings. The zero-order valence-electron chi connectivity index (χ0n) is 8.16. The highest BCUT2D eigenvalue weighted by Crippen LogP contribution is 2.05. The fraction of sp³-hybridized carbons (Fsp3) is 0.667. The van der Waals surface area contributed by atoms with Crippen LogP contribution in [0.25, 0.3) is 0 Å². The molecule has 3 N–H and O–H groups in total. The summed E-state index contributed by atoms with van der Waals surface area (Å²) in [6.07, 6.45) is 1.90. The van der Waals surface area contributed by atoms with E-state index in [-0.39, 0.29) is 6.04 Å². The Labute approximate surface area is 83.4 Å². The van der Waals surface area contributed by atoms with E-state index in [4.69, 9.17) is 5.73 Å². The van der Waals surface area contributed by atoms with Crippen molar-refractivity contribution in [2.75, 3.05) is 6.54 Å². The van der Waals surface area contributed by atoms with Crippen LogP contribution >= 0.6 is 11.3 Å². The summed E-state index contributed by atoms with van der Waals surface area (Å²) >= 11 is 1.68. The number of nitrogens with zero attached hydrogens (tertiary/aromatic N) is 1. The van der Waals surface area contributed by atoms with E-state index in [9.17, 15) is 0 Å². The van der Waals surface area contributed by atoms with Crippen LogP contribution in [0.4, 0.5) is 0 Å². The van der Waals surface area contributed by atoms with Crippen molar-refractivity contribution in [3.05, 3.63) is 16.6 Å². The monoisotopic (exact) mass is 199 g/mol. The largest absolute Gasteiger partial charge is 0.328 e. The molecule has 0 radical (unpaired) electrons. The first kappa shape index (κ1) is 10.6. The molecule has 2 atom stereocenters. The van der Waals surface area contributed by atoms with Gasteiger partial charge in [0.05, 0.1) is 5.51 Å². The van der Waals surface area contributed by atoms with Gasteiger partial charge in [0.15, 0.2) is 0 Å². The molecule has 13 heavy (non-hydrogen) atoms. The van der Waals surface area contributed by atoms with Crippen LogP contribution in [0.15, 0.2) is 11.7 Å². The average molecular weight is 199 g/mol. The Bertz CT molecular complexity index is 221. The Morgan fingerprint density at radius 1 is 1.62 bits per heavy atom. The number of nitrogens with two attached hydrogens (primary N) is 1. The average Bonchev–Trinajstić information content (AvgIpc) is 2.56. The van der Waals surface area contributed by atoms with Crippen LogP contribution in [0, 0.1) is 5.92 Å². The lowest BCUT2D eigenvalue weighted by atomic mass is 10.1. The van der Waals surface area contributed by atoms with Gasteiger partial charge in [0, 0.05) is 23.7 Å². The molecule has 1 aromatic rings. The Morgan fingerprint density at radius 3 is 2.92 bits per heavy atom. The molecular formula is C9H17N3S. The molecule has 0 saturated carbocycles. The van der Waals surface area contributed by atoms with Crippen LogP contribution in [0.5, 0.6) is 0 Å². The molecule has 4 heteroatoms. The van der Waals surface area contributed by atoms with Crippen LogP contribution in [-0.4, -0.2) is 17.6 Å². The van der Waals surface area contributed by atoms with E-state index < -0.39 is 0 Å². The van der Waals surface area contributed by atoms with E-state index in [1.165, 1.54) is 4.88 Å². The third-order valence-corrected chi connectivity index (χ3v) is 2.93. The molecule has 0 aliphatic rings. The molecule has 1 heterocycles. The summed E-state index contributed by atoms with van der Waals surface area (Å²) in [5, 5.41) is 3.36. The van der Waals surface area contributed by atoms with Gasteiger partial charge in [-0.25, -0.2) is 0 Å². The van der Waals surface area contributed by atoms with Gasteiger partial charge in [-0.05, 0) is 19.4 Å². The van der Waals surface area contributed by atoms with Crippen LogP contribution in [0.1, 0.15) is 18.7 Å². The lowest BCUT2D eigenvalue weighted by Crippen LogP contribution is -2.32. The van der Waals surface area contributed by atoms with Crippen molar-refractivity contribution in [1.29, 1.82) is 0 Å². The Morgan fingerprint density at radius 2 is 2.38 bits per heavy atom. The van der Waals surface area contributed by atoms with E-state index >= 15 is 0 Å². The van der Waals surface area contributed by atoms with Gasteiger partial charge in [-0.1, -0.05) is 6.92 Å². The Kier molecular flexibility index (Phi) is 4.35. The summed E-state index contributed by atoms with van der Waals surface area (Å²) in [6.45, 7) is 6.07. The van der Waals surface area contributed by atoms with Gasteiger partial charge in [-0.3, -0.25) is 4.98 Å². The normalized spacial score (nSPS) is 15.6. The van der Waals surface area contributed by atoms with Crippen LogP contribution in [0.3, 0.4) is 0 Å². The van der Waals surface area contributed by atoms with Crippen molar-refractivity contribution in [3.63, 3.8) is 0 Å². The fourth-order valence-electron chi connectivity index (χ4n) is 0.938. The molecule has 3 nitrogen and oxygen atoms in total. The lowest BCUT2D eigenvalue weighted by molar-refractivity contribution is 0.446. The van der Waals surface area contributed by atoms with Crippen LogP contribution in [0.2, 0.25) is 0 Å². The fourth-order valence-corrected chi connectivity index (χ4v) is 1.50. The third-order valence-electron chi connectivity index (χ3n) is 2.15. The van der Waals surface area contributed by atoms with Crippen molar-refractivity contribution in [2.45, 2.75) is 26.4 Å². The van der Waals surface area contributed by atoms with Gasteiger partial charge >= 0.3 is 0 Å². The predicted octanol–water partition coefficient (Wildman–Crippen LogP) is 1.22. The maximum atomic E-state index is 5.75. The molecular weight excluding hydrogens is 182 g/mol. The molecule has 0 spiro atoms. The molecule has 0 saturated heterocycles. The minimum absolute atomic E-state index is 0.258. The zero-order valence-corrected chi connectivity index (χ0v) is 8.97. The van der Waals surface area contributed by atoms with E-state index in [2.05, 4.69) is 17.2 Å². The summed E-state index contributed by atoms with van der Waals surface area (Å²) in [4.78, 5) is 5.28. The second kappa shape index (κ2) is 5.32. The summed E-state index contributed by atoms with van der Waals surface area (Å²) in [5.74, 6) is 0.521. The number of nitrogens with one attached hydrogen (secondary N) is 1. The highest BCUT2D eigenvalue weighted by atomic mass is 32.1. The van der Waals surface area contributed by atoms with Gasteiger partial charge in [-0.2, -0.15) is 0 Å². The van der Waals surface area contributed by atoms with E-state index in [0.717, 1.165) is 13.1 Å². The molecule has 0 bridgehead atoms. The first-order valence-electron chi connectivity index (χ1n) is 4.54. The second-order valence-corrected chi connectivity index (χ2v) is 4.41. The summed E-state index contributed by atoms with van der Waals surface area (Å²) in [6, 6.07) is 0.258. The first-order chi connectivity index (χ1) is 6.20. The highest BCUT2D eigenvalue weighted by Gasteiger charge is 2.06. The number of hydrogen-bond acceptors (Lipinski definition) is 4. The van der Waals surface area contributed by atoms with E-state index in [1.807, 2.05) is 18.6 Å². The molecule has 2 unspecified atom stereocenters. The zero-order chi connectivity index (χ0) is 9.68. The van der Waals surface area contributed by atoms with Crippen molar-refractivity contribution in [2.24, 2.45) is 11.7 Å². The van der Waals surface area contributed by atoms with Gasteiger partial charge in [-0.15, -0.1) is 11.3 Å². The topological polar surface area (TPSA) is 50.9 Å². The lowest BCUT2D eigenvalue weighted by Gasteiger charge is -2.15. The summed E-state index contributed by atoms with van der Waals surface area (Å²) < 4.78 is 0. The minimum Gasteiger partial charge on any atom is -0.328 e. The molecule has 1 rings (SSSR count). The smallest absolute Gasteiger partial charge is 0.0794 e. The maximum Gasteiger partial charge on any atom is 0.0794 e. The number of hydrogen-bond donors (Lipinski definition) is 2. The van der Waals surface area contributed by atoms with Crippen molar-refractivity contribution >= 4 is 11.3 Å². The third kappa shape index (κ3) is 3.85. The second-order valence-electron chi connectivity index (χ2n) is 3.44. The van der Waals surface area contributed by atoms with Crippen LogP contribution < -0.4 is 11.1 Å². The van der Waals surface area contributed by atoms with Crippen molar-refractivity contribution < 1.29 is 0 Å². The Hall–Kier alpha value is -0.450. The van der Waals surface area contributed by atoms with Crippen molar-refractivity contribution in [3.8, 4) is 0 Å². The maximum absolute atomic E-state index is 5.75. The molecule has 0 aliphatic carbocycles. The predicted molar refractivity (Wildman–Crippen MR) is 56.6 cm³/mol. The molecule has 0 amide bonds. The quantitative estimate of drug-likeness (QED) is 0.749. The van der Waals surface area contributed by atoms with Crippen LogP contribution in [-0.2, 0) is 6.54 Å². The molecule has 0 aromatic carbocycles. The summed E-state index contributed by atoms with van der Waals surface area (Å²) in [7, 11) is 0. The standard InChI is InChI=1S/C9H17N3S/c1-7(8(2)10)3-11-4-9-5-12-6-13-9/h5-8,11H,3-4,10H2,1-2H3. The van der Waals surface area contributed by atoms with Gasteiger partial charge in [0.25, 0.3) is 0 Å². The minimum atomic E-state index is 0.258. The first-order valence-corrected chi connectivity index (χ1v) is 5.41. The molecule has 1 aromatic heterocycles. The van der Waals surface area contributed by atoms with Gasteiger partial charge in [0.1, 0.15) is 0 Å². The number of thiazole rings is 1. The molecule has 74 valence electrons. The highest BCUT2D eigenvalue weighted by molar-refractivity contribution is 7.09. The van der Waals surface area contributed by atoms with E-state index in [0.29, 0.717) is 5.92 Å². The number of rotatable bonds is 5. The Balaban J connectivity index is 2.14. The van der Waals surface area contributed by atoms with E-state index in [1.54, 1.807) is 11.3 Å². The number of aromatic nitrogens is 1. The van der Waals surface area contributed by atoms with Gasteiger partial charge < -0.3 is 11.1 Å². The SMILES string of the molecule is CC(N)C(C)CNCc1cncs1. The molecule has 0 aliphatic heterocycles. The van der Waals surface area contributed by atoms with Gasteiger partial charge in [0.2, 0.25) is 0 Å². The summed E-state index contributed by atoms with van der Waals surface area (Å²) in [5.41, 5.74) is 7.60.